The van der Waals surface area contributed by atoms with E-state index in [1.807, 2.05) is 19.4 Å². The van der Waals surface area contributed by atoms with Gasteiger partial charge >= 0.3 is 0 Å². The molecule has 6 heteroatoms. The molecule has 0 bridgehead atoms. The van der Waals surface area contributed by atoms with Crippen LogP contribution in [-0.2, 0) is 11.8 Å². The first-order valence-electron chi connectivity index (χ1n) is 9.73. The molecule has 1 unspecified atom stereocenters. The molecule has 2 heterocycles. The lowest BCUT2D eigenvalue weighted by atomic mass is 9.75. The Morgan fingerprint density at radius 1 is 1.40 bits per heavy atom. The van der Waals surface area contributed by atoms with Crippen LogP contribution < -0.4 is 5.32 Å². The van der Waals surface area contributed by atoms with Crippen molar-refractivity contribution in [3.05, 3.63) is 18.0 Å². The number of rotatable bonds is 7. The topological polar surface area (TPSA) is 70.4 Å². The Balaban J connectivity index is 1.52. The number of likely N-dealkylation sites (tertiary alicyclic amines) is 1. The molecule has 1 aliphatic heterocycles. The fourth-order valence-electron chi connectivity index (χ4n) is 4.20. The molecule has 1 amide bonds. The predicted octanol–water partition coefficient (Wildman–Crippen LogP) is 1.86. The lowest BCUT2D eigenvalue weighted by molar-refractivity contribution is -0.124. The molecule has 6 nitrogen and oxygen atoms in total. The van der Waals surface area contributed by atoms with Gasteiger partial charge in [0.05, 0.1) is 18.3 Å². The average Bonchev–Trinajstić information content (AvgIpc) is 2.98. The molecule has 25 heavy (non-hydrogen) atoms. The molecule has 140 valence electrons. The molecular formula is C19H32N4O2. The average molecular weight is 348 g/mol. The molecule has 1 atom stereocenters. The lowest BCUT2D eigenvalue weighted by Gasteiger charge is -2.38. The Bertz CT molecular complexity index is 560. The molecule has 1 saturated carbocycles. The molecular weight excluding hydrogens is 316 g/mol. The summed E-state index contributed by atoms with van der Waals surface area (Å²) in [4.78, 5) is 15.1. The lowest BCUT2D eigenvalue weighted by Crippen LogP contribution is -2.42. The fraction of sp³-hybridized carbons (Fsp3) is 0.789. The number of aryl methyl sites for hydroxylation is 1. The third-order valence-electron chi connectivity index (χ3n) is 5.74. The van der Waals surface area contributed by atoms with Gasteiger partial charge in [-0.05, 0) is 63.6 Å². The minimum absolute atomic E-state index is 0.0234. The van der Waals surface area contributed by atoms with Crippen LogP contribution in [-0.4, -0.2) is 51.4 Å². The van der Waals surface area contributed by atoms with Gasteiger partial charge in [0.2, 0.25) is 5.91 Å². The molecule has 1 aliphatic carbocycles. The van der Waals surface area contributed by atoms with Crippen molar-refractivity contribution in [3.63, 3.8) is 0 Å². The van der Waals surface area contributed by atoms with Crippen LogP contribution in [0, 0.1) is 11.8 Å². The smallest absolute Gasteiger partial charge is 0.220 e. The number of piperidine rings is 1. The predicted molar refractivity (Wildman–Crippen MR) is 96.9 cm³/mol. The van der Waals surface area contributed by atoms with Crippen molar-refractivity contribution in [1.29, 1.82) is 0 Å². The Morgan fingerprint density at radius 2 is 2.12 bits per heavy atom. The summed E-state index contributed by atoms with van der Waals surface area (Å²) in [5, 5.41) is 17.1. The molecule has 1 saturated heterocycles. The van der Waals surface area contributed by atoms with E-state index in [1.165, 1.54) is 13.0 Å². The van der Waals surface area contributed by atoms with Crippen molar-refractivity contribution in [2.24, 2.45) is 18.9 Å². The number of carbonyl (C=O) groups excluding carboxylic acids is 1. The molecule has 0 spiro atoms. The van der Waals surface area contributed by atoms with Gasteiger partial charge in [-0.1, -0.05) is 6.92 Å². The van der Waals surface area contributed by atoms with Crippen LogP contribution in [0.1, 0.15) is 57.1 Å². The molecule has 3 rings (SSSR count). The maximum absolute atomic E-state index is 12.6. The van der Waals surface area contributed by atoms with Gasteiger partial charge in [-0.3, -0.25) is 9.48 Å². The second-order valence-corrected chi connectivity index (χ2v) is 7.87. The number of nitrogens with one attached hydrogen (secondary N) is 1. The highest BCUT2D eigenvalue weighted by atomic mass is 16.3. The van der Waals surface area contributed by atoms with Crippen LogP contribution in [0.15, 0.2) is 12.4 Å². The second kappa shape index (κ2) is 8.32. The molecule has 2 N–H and O–H groups in total. The van der Waals surface area contributed by atoms with Crippen LogP contribution in [0.2, 0.25) is 0 Å². The van der Waals surface area contributed by atoms with E-state index in [-0.39, 0.29) is 18.1 Å². The number of nitrogens with zero attached hydrogens (tertiary/aromatic N) is 3. The molecule has 0 radical (unpaired) electrons. The summed E-state index contributed by atoms with van der Waals surface area (Å²) in [6, 6.07) is -0.0234. The second-order valence-electron chi connectivity index (χ2n) is 7.87. The monoisotopic (exact) mass is 348 g/mol. The number of aliphatic hydroxyl groups is 1. The van der Waals surface area contributed by atoms with Gasteiger partial charge in [0.1, 0.15) is 0 Å². The van der Waals surface area contributed by atoms with Gasteiger partial charge in [-0.15, -0.1) is 0 Å². The highest BCUT2D eigenvalue weighted by Gasteiger charge is 2.36. The minimum atomic E-state index is -0.219. The largest absolute Gasteiger partial charge is 0.393 e. The molecule has 2 fully saturated rings. The van der Waals surface area contributed by atoms with Gasteiger partial charge < -0.3 is 15.3 Å². The summed E-state index contributed by atoms with van der Waals surface area (Å²) in [6.45, 7) is 5.63. The standard InChI is InChI=1S/C19H32N4O2/c1-3-6-23-7-4-14(5-8-23)9-18(25)21-19(15-10-17(24)11-15)16-12-20-22(2)13-16/h12-15,17,19,24H,3-11H2,1-2H3,(H,21,25). The highest BCUT2D eigenvalue weighted by molar-refractivity contribution is 5.76. The maximum Gasteiger partial charge on any atom is 0.220 e. The summed E-state index contributed by atoms with van der Waals surface area (Å²) in [5.74, 6) is 0.952. The molecule has 1 aromatic rings. The van der Waals surface area contributed by atoms with Crippen molar-refractivity contribution >= 4 is 5.91 Å². The normalized spacial score (nSPS) is 26.2. The van der Waals surface area contributed by atoms with Gasteiger partial charge in [0, 0.05) is 25.2 Å². The number of carbonyl (C=O) groups is 1. The van der Waals surface area contributed by atoms with E-state index < -0.39 is 0 Å². The third-order valence-corrected chi connectivity index (χ3v) is 5.74. The van der Waals surface area contributed by atoms with Crippen molar-refractivity contribution in [2.75, 3.05) is 19.6 Å². The zero-order chi connectivity index (χ0) is 17.8. The number of hydrogen-bond donors (Lipinski definition) is 2. The maximum atomic E-state index is 12.6. The van der Waals surface area contributed by atoms with Gasteiger partial charge in [0.25, 0.3) is 0 Å². The Hall–Kier alpha value is -1.40. The SMILES string of the molecule is CCCN1CCC(CC(=O)NC(c2cnn(C)c2)C2CC(O)C2)CC1. The first-order valence-corrected chi connectivity index (χ1v) is 9.73. The van der Waals surface area contributed by atoms with E-state index in [0.717, 1.165) is 44.3 Å². The minimum Gasteiger partial charge on any atom is -0.393 e. The van der Waals surface area contributed by atoms with Crippen LogP contribution in [0.3, 0.4) is 0 Å². The number of aliphatic hydroxyl groups excluding tert-OH is 1. The highest BCUT2D eigenvalue weighted by Crippen LogP contribution is 2.38. The van der Waals surface area contributed by atoms with Crippen LogP contribution in [0.25, 0.3) is 0 Å². The van der Waals surface area contributed by atoms with E-state index in [1.54, 1.807) is 4.68 Å². The summed E-state index contributed by atoms with van der Waals surface area (Å²) in [7, 11) is 1.89. The quantitative estimate of drug-likeness (QED) is 0.789. The fourth-order valence-corrected chi connectivity index (χ4v) is 4.20. The van der Waals surface area contributed by atoms with Crippen LogP contribution in [0.5, 0.6) is 0 Å². The van der Waals surface area contributed by atoms with E-state index in [4.69, 9.17) is 0 Å². The van der Waals surface area contributed by atoms with Gasteiger partial charge in [-0.25, -0.2) is 0 Å². The Labute approximate surface area is 150 Å². The van der Waals surface area contributed by atoms with E-state index in [9.17, 15) is 9.90 Å². The Morgan fingerprint density at radius 3 is 2.68 bits per heavy atom. The third kappa shape index (κ3) is 4.82. The number of aromatic nitrogens is 2. The molecule has 2 aliphatic rings. The van der Waals surface area contributed by atoms with Crippen molar-refractivity contribution in [2.45, 2.75) is 57.6 Å². The summed E-state index contributed by atoms with van der Waals surface area (Å²) in [5.41, 5.74) is 1.05. The molecule has 1 aromatic heterocycles. The van der Waals surface area contributed by atoms with Crippen molar-refractivity contribution in [1.82, 2.24) is 20.0 Å². The number of amides is 1. The van der Waals surface area contributed by atoms with E-state index >= 15 is 0 Å². The number of hydrogen-bond acceptors (Lipinski definition) is 4. The first kappa shape index (κ1) is 18.4. The van der Waals surface area contributed by atoms with Crippen molar-refractivity contribution in [3.8, 4) is 0 Å². The van der Waals surface area contributed by atoms with E-state index in [0.29, 0.717) is 18.3 Å². The zero-order valence-corrected chi connectivity index (χ0v) is 15.5. The molecule has 0 aromatic carbocycles. The van der Waals surface area contributed by atoms with E-state index in [2.05, 4.69) is 22.2 Å². The summed E-state index contributed by atoms with van der Waals surface area (Å²) >= 11 is 0. The first-order chi connectivity index (χ1) is 12.0. The summed E-state index contributed by atoms with van der Waals surface area (Å²) in [6.07, 6.45) is 9.16. The summed E-state index contributed by atoms with van der Waals surface area (Å²) < 4.78 is 1.77. The van der Waals surface area contributed by atoms with Crippen LogP contribution in [0.4, 0.5) is 0 Å². The van der Waals surface area contributed by atoms with Gasteiger partial charge in [0.15, 0.2) is 0 Å². The van der Waals surface area contributed by atoms with Crippen molar-refractivity contribution < 1.29 is 9.90 Å². The Kier molecular flexibility index (Phi) is 6.12. The zero-order valence-electron chi connectivity index (χ0n) is 15.5. The van der Waals surface area contributed by atoms with Crippen LogP contribution >= 0.6 is 0 Å². The van der Waals surface area contributed by atoms with Gasteiger partial charge in [-0.2, -0.15) is 5.10 Å².